The van der Waals surface area contributed by atoms with Crippen LogP contribution in [0.2, 0.25) is 0 Å². The Kier molecular flexibility index (Phi) is 3.60. The Morgan fingerprint density at radius 1 is 1.55 bits per heavy atom. The molecule has 0 bridgehead atoms. The minimum atomic E-state index is -0.605. The predicted molar refractivity (Wildman–Crippen MR) is 75.6 cm³/mol. The number of rotatable bonds is 1. The first-order chi connectivity index (χ1) is 9.41. The van der Waals surface area contributed by atoms with E-state index in [4.69, 9.17) is 10.00 Å². The van der Waals surface area contributed by atoms with Gasteiger partial charge in [0, 0.05) is 35.9 Å². The molecule has 1 atom stereocenters. The lowest BCUT2D eigenvalue weighted by Gasteiger charge is -2.29. The fourth-order valence-electron chi connectivity index (χ4n) is 2.21. The van der Waals surface area contributed by atoms with Crippen LogP contribution in [-0.2, 0) is 9.53 Å². The lowest BCUT2D eigenvalue weighted by Crippen LogP contribution is -2.45. The average molecular weight is 271 g/mol. The zero-order valence-electron chi connectivity index (χ0n) is 12.0. The van der Waals surface area contributed by atoms with E-state index in [-0.39, 0.29) is 5.91 Å². The number of anilines is 1. The van der Waals surface area contributed by atoms with Crippen molar-refractivity contribution in [2.75, 3.05) is 12.0 Å². The summed E-state index contributed by atoms with van der Waals surface area (Å²) in [6, 6.07) is 5.63. The molecule has 0 aromatic carbocycles. The monoisotopic (exact) mass is 271 g/mol. The minimum Gasteiger partial charge on any atom is -0.357 e. The maximum absolute atomic E-state index is 12.6. The molecule has 0 radical (unpaired) electrons. The van der Waals surface area contributed by atoms with Crippen LogP contribution in [0.3, 0.4) is 0 Å². The van der Waals surface area contributed by atoms with E-state index in [0.717, 1.165) is 5.56 Å². The number of hydrogen-bond donors (Lipinski definition) is 0. The smallest absolute Gasteiger partial charge is 0.235 e. The molecule has 0 aliphatic carbocycles. The number of nitriles is 1. The molecule has 1 aliphatic rings. The lowest BCUT2D eigenvalue weighted by atomic mass is 9.95. The molecule has 0 N–H and O–H groups in total. The Bertz CT molecular complexity index is 608. The van der Waals surface area contributed by atoms with Crippen LogP contribution in [0.1, 0.15) is 26.3 Å². The molecule has 1 aliphatic heterocycles. The third kappa shape index (κ3) is 2.19. The second kappa shape index (κ2) is 5.06. The first-order valence-electron chi connectivity index (χ1n) is 6.33. The number of allylic oxidation sites excluding steroid dienone is 1. The summed E-state index contributed by atoms with van der Waals surface area (Å²) in [7, 11) is 1.52. The van der Waals surface area contributed by atoms with Crippen molar-refractivity contribution >= 4 is 17.3 Å². The molecule has 0 fully saturated rings. The molecular formula is C15H17N3O2. The Balaban J connectivity index is 2.61. The standard InChI is InChI=1S/C15H17N3O2/c1-15(2,3)14(19)18-12-10(6-5-9-17-12)11(7-8-16)13(18)20-4/h5-7,9,13H,1-4H3/b11-7+. The highest BCUT2D eigenvalue weighted by Gasteiger charge is 2.42. The maximum atomic E-state index is 12.6. The number of ether oxygens (including phenoxy) is 1. The number of amides is 1. The Labute approximate surface area is 118 Å². The van der Waals surface area contributed by atoms with Gasteiger partial charge < -0.3 is 4.74 Å². The molecule has 2 heterocycles. The van der Waals surface area contributed by atoms with Gasteiger partial charge in [-0.1, -0.05) is 20.8 Å². The summed E-state index contributed by atoms with van der Waals surface area (Å²) in [6.07, 6.45) is 2.43. The molecule has 20 heavy (non-hydrogen) atoms. The van der Waals surface area contributed by atoms with Crippen molar-refractivity contribution in [3.8, 4) is 6.07 Å². The molecule has 1 aromatic heterocycles. The van der Waals surface area contributed by atoms with E-state index >= 15 is 0 Å². The summed E-state index contributed by atoms with van der Waals surface area (Å²) in [4.78, 5) is 18.5. The van der Waals surface area contributed by atoms with Crippen LogP contribution in [0.4, 0.5) is 5.82 Å². The molecule has 0 saturated heterocycles. The highest BCUT2D eigenvalue weighted by Crippen LogP contribution is 2.40. The number of aromatic nitrogens is 1. The minimum absolute atomic E-state index is 0.0920. The van der Waals surface area contributed by atoms with Crippen molar-refractivity contribution in [1.29, 1.82) is 5.26 Å². The van der Waals surface area contributed by atoms with Crippen LogP contribution in [0.15, 0.2) is 24.4 Å². The van der Waals surface area contributed by atoms with Crippen molar-refractivity contribution in [2.24, 2.45) is 5.41 Å². The largest absolute Gasteiger partial charge is 0.357 e. The van der Waals surface area contributed by atoms with Crippen LogP contribution in [0, 0.1) is 16.7 Å². The predicted octanol–water partition coefficient (Wildman–Crippen LogP) is 2.35. The number of nitrogens with zero attached hydrogens (tertiary/aromatic N) is 3. The van der Waals surface area contributed by atoms with Gasteiger partial charge in [0.15, 0.2) is 6.23 Å². The fraction of sp³-hybridized carbons (Fsp3) is 0.400. The average Bonchev–Trinajstić information content (AvgIpc) is 2.71. The molecule has 2 rings (SSSR count). The number of fused-ring (bicyclic) bond motifs is 1. The molecule has 0 spiro atoms. The Morgan fingerprint density at radius 2 is 2.25 bits per heavy atom. The Morgan fingerprint density at radius 3 is 2.80 bits per heavy atom. The number of carbonyl (C=O) groups is 1. The highest BCUT2D eigenvalue weighted by molar-refractivity contribution is 6.05. The molecule has 1 aromatic rings. The quantitative estimate of drug-likeness (QED) is 0.735. The summed E-state index contributed by atoms with van der Waals surface area (Å²) in [5.74, 6) is 0.450. The van der Waals surface area contributed by atoms with Gasteiger partial charge in [-0.3, -0.25) is 9.69 Å². The van der Waals surface area contributed by atoms with Gasteiger partial charge in [-0.2, -0.15) is 5.26 Å². The third-order valence-corrected chi connectivity index (χ3v) is 3.13. The van der Waals surface area contributed by atoms with Gasteiger partial charge in [0.1, 0.15) is 5.82 Å². The molecule has 0 saturated carbocycles. The molecular weight excluding hydrogens is 254 g/mol. The second-order valence-corrected chi connectivity index (χ2v) is 5.62. The van der Waals surface area contributed by atoms with Crippen LogP contribution in [0.5, 0.6) is 0 Å². The SMILES string of the molecule is COC1/C(=C/C#N)c2cccnc2N1C(=O)C(C)(C)C. The number of hydrogen-bond acceptors (Lipinski definition) is 4. The van der Waals surface area contributed by atoms with E-state index in [0.29, 0.717) is 11.4 Å². The van der Waals surface area contributed by atoms with Gasteiger partial charge in [-0.25, -0.2) is 4.98 Å². The number of carbonyl (C=O) groups excluding carboxylic acids is 1. The Hall–Kier alpha value is -2.19. The molecule has 5 heteroatoms. The van der Waals surface area contributed by atoms with E-state index in [2.05, 4.69) is 4.98 Å². The van der Waals surface area contributed by atoms with Crippen LogP contribution in [-0.4, -0.2) is 24.2 Å². The lowest BCUT2D eigenvalue weighted by molar-refractivity contribution is -0.127. The topological polar surface area (TPSA) is 66.2 Å². The normalized spacial score (nSPS) is 19.9. The van der Waals surface area contributed by atoms with Crippen molar-refractivity contribution in [3.05, 3.63) is 30.0 Å². The zero-order valence-corrected chi connectivity index (χ0v) is 12.0. The van der Waals surface area contributed by atoms with Gasteiger partial charge in [-0.15, -0.1) is 0 Å². The van der Waals surface area contributed by atoms with E-state index in [1.807, 2.05) is 32.9 Å². The third-order valence-electron chi connectivity index (χ3n) is 3.13. The van der Waals surface area contributed by atoms with Gasteiger partial charge >= 0.3 is 0 Å². The van der Waals surface area contributed by atoms with E-state index in [9.17, 15) is 4.79 Å². The molecule has 1 unspecified atom stereocenters. The van der Waals surface area contributed by atoms with Crippen LogP contribution in [0.25, 0.3) is 5.57 Å². The van der Waals surface area contributed by atoms with E-state index < -0.39 is 11.6 Å². The summed E-state index contributed by atoms with van der Waals surface area (Å²) >= 11 is 0. The van der Waals surface area contributed by atoms with Crippen LogP contribution < -0.4 is 4.90 Å². The second-order valence-electron chi connectivity index (χ2n) is 5.62. The van der Waals surface area contributed by atoms with Gasteiger partial charge in [0.25, 0.3) is 0 Å². The summed E-state index contributed by atoms with van der Waals surface area (Å²) in [5, 5.41) is 8.94. The molecule has 104 valence electrons. The zero-order chi connectivity index (χ0) is 14.9. The molecule has 1 amide bonds. The van der Waals surface area contributed by atoms with E-state index in [1.165, 1.54) is 18.1 Å². The number of pyridine rings is 1. The first kappa shape index (κ1) is 14.2. The van der Waals surface area contributed by atoms with Gasteiger partial charge in [0.05, 0.1) is 6.07 Å². The van der Waals surface area contributed by atoms with Gasteiger partial charge in [0.2, 0.25) is 5.91 Å². The van der Waals surface area contributed by atoms with Crippen molar-refractivity contribution < 1.29 is 9.53 Å². The fourth-order valence-corrected chi connectivity index (χ4v) is 2.21. The van der Waals surface area contributed by atoms with Crippen molar-refractivity contribution in [3.63, 3.8) is 0 Å². The van der Waals surface area contributed by atoms with Crippen LogP contribution >= 0.6 is 0 Å². The molecule has 5 nitrogen and oxygen atoms in total. The van der Waals surface area contributed by atoms with Crippen molar-refractivity contribution in [1.82, 2.24) is 4.98 Å². The van der Waals surface area contributed by atoms with Gasteiger partial charge in [-0.05, 0) is 12.1 Å². The highest BCUT2D eigenvalue weighted by atomic mass is 16.5. The van der Waals surface area contributed by atoms with E-state index in [1.54, 1.807) is 12.3 Å². The maximum Gasteiger partial charge on any atom is 0.235 e. The summed E-state index contributed by atoms with van der Waals surface area (Å²) < 4.78 is 5.43. The summed E-state index contributed by atoms with van der Waals surface area (Å²) in [5.41, 5.74) is 0.863. The van der Waals surface area contributed by atoms with Crippen molar-refractivity contribution in [2.45, 2.75) is 27.0 Å². The summed E-state index contributed by atoms with van der Waals surface area (Å²) in [6.45, 7) is 5.53. The number of methoxy groups -OCH3 is 1. The first-order valence-corrected chi connectivity index (χ1v) is 6.33.